The SMILES string of the molecule is CCN(CC)Cc1cccc(C(c2cc(/C=N/n3nnnc3C)ccc2O)c2cc(/C=N/n3nnnc3C)ccc2O)c1. The molecule has 0 aliphatic heterocycles. The van der Waals surface area contributed by atoms with Crippen LogP contribution in [0.3, 0.4) is 0 Å². The van der Waals surface area contributed by atoms with Crippen molar-refractivity contribution in [2.45, 2.75) is 40.2 Å². The average molecular weight is 580 g/mol. The minimum absolute atomic E-state index is 0.0812. The zero-order valence-electron chi connectivity index (χ0n) is 24.4. The summed E-state index contributed by atoms with van der Waals surface area (Å²) in [5.74, 6) is 0.718. The van der Waals surface area contributed by atoms with Crippen molar-refractivity contribution >= 4 is 12.4 Å². The lowest BCUT2D eigenvalue weighted by Gasteiger charge is -2.23. The number of tetrazole rings is 2. The van der Waals surface area contributed by atoms with E-state index in [0.717, 1.165) is 41.9 Å². The van der Waals surface area contributed by atoms with Gasteiger partial charge in [0.05, 0.1) is 12.4 Å². The molecule has 2 aromatic heterocycles. The maximum atomic E-state index is 11.2. The van der Waals surface area contributed by atoms with Crippen molar-refractivity contribution in [2.24, 2.45) is 10.2 Å². The molecule has 43 heavy (non-hydrogen) atoms. The Morgan fingerprint density at radius 1 is 0.767 bits per heavy atom. The van der Waals surface area contributed by atoms with E-state index in [1.54, 1.807) is 50.5 Å². The third-order valence-electron chi connectivity index (χ3n) is 7.15. The minimum atomic E-state index is -0.525. The molecular formula is C30H33N11O2. The zero-order chi connectivity index (χ0) is 30.3. The summed E-state index contributed by atoms with van der Waals surface area (Å²) in [4.78, 5) is 4.97. The predicted octanol–water partition coefficient (Wildman–Crippen LogP) is 3.47. The number of phenols is 2. The number of benzene rings is 3. The summed E-state index contributed by atoms with van der Waals surface area (Å²) in [7, 11) is 0. The van der Waals surface area contributed by atoms with Gasteiger partial charge in [0.15, 0.2) is 11.6 Å². The second kappa shape index (κ2) is 13.1. The lowest BCUT2D eigenvalue weighted by molar-refractivity contribution is 0.296. The topological polar surface area (TPSA) is 156 Å². The first kappa shape index (κ1) is 29.2. The molecule has 0 aliphatic rings. The van der Waals surface area contributed by atoms with Gasteiger partial charge in [-0.2, -0.15) is 10.2 Å². The van der Waals surface area contributed by atoms with Crippen LogP contribution in [0.4, 0.5) is 0 Å². The Morgan fingerprint density at radius 2 is 1.30 bits per heavy atom. The molecule has 0 fully saturated rings. The van der Waals surface area contributed by atoms with E-state index in [-0.39, 0.29) is 11.5 Å². The number of aromatic hydroxyl groups is 2. The molecule has 2 heterocycles. The van der Waals surface area contributed by atoms with Gasteiger partial charge in [0, 0.05) is 23.6 Å². The van der Waals surface area contributed by atoms with Crippen LogP contribution in [-0.2, 0) is 6.54 Å². The highest BCUT2D eigenvalue weighted by molar-refractivity contribution is 5.82. The molecule has 0 unspecified atom stereocenters. The molecule has 13 nitrogen and oxygen atoms in total. The van der Waals surface area contributed by atoms with Gasteiger partial charge >= 0.3 is 0 Å². The lowest BCUT2D eigenvalue weighted by atomic mass is 9.82. The van der Waals surface area contributed by atoms with E-state index in [0.29, 0.717) is 22.8 Å². The highest BCUT2D eigenvalue weighted by atomic mass is 16.3. The number of hydrogen-bond donors (Lipinski definition) is 2. The molecule has 5 aromatic rings. The second-order valence-corrected chi connectivity index (χ2v) is 10.00. The lowest BCUT2D eigenvalue weighted by Crippen LogP contribution is -2.22. The van der Waals surface area contributed by atoms with Crippen molar-refractivity contribution in [3.63, 3.8) is 0 Å². The van der Waals surface area contributed by atoms with Crippen molar-refractivity contribution in [3.8, 4) is 11.5 Å². The number of nitrogens with zero attached hydrogens (tertiary/aromatic N) is 11. The van der Waals surface area contributed by atoms with Crippen molar-refractivity contribution in [2.75, 3.05) is 13.1 Å². The predicted molar refractivity (Wildman–Crippen MR) is 161 cm³/mol. The van der Waals surface area contributed by atoms with E-state index >= 15 is 0 Å². The molecule has 13 heteroatoms. The molecule has 0 bridgehead atoms. The fourth-order valence-electron chi connectivity index (χ4n) is 4.78. The van der Waals surface area contributed by atoms with Crippen molar-refractivity contribution in [1.82, 2.24) is 45.5 Å². The molecule has 5 rings (SSSR count). The van der Waals surface area contributed by atoms with Crippen LogP contribution < -0.4 is 0 Å². The molecule has 220 valence electrons. The van der Waals surface area contributed by atoms with Gasteiger partial charge in [0.25, 0.3) is 0 Å². The van der Waals surface area contributed by atoms with Crippen LogP contribution in [0.2, 0.25) is 0 Å². The molecule has 0 amide bonds. The number of phenolic OH excluding ortho intramolecular Hbond substituents is 2. The van der Waals surface area contributed by atoms with Crippen LogP contribution in [-0.4, -0.2) is 81.3 Å². The van der Waals surface area contributed by atoms with Crippen LogP contribution in [0.1, 0.15) is 64.8 Å². The fourth-order valence-corrected chi connectivity index (χ4v) is 4.78. The Labute approximate surface area is 248 Å². The fraction of sp³-hybridized carbons (Fsp3) is 0.267. The Hall–Kier alpha value is -5.30. The molecule has 2 N–H and O–H groups in total. The normalized spacial score (nSPS) is 12.0. The van der Waals surface area contributed by atoms with Crippen LogP contribution in [0.25, 0.3) is 0 Å². The van der Waals surface area contributed by atoms with E-state index < -0.39 is 5.92 Å². The summed E-state index contributed by atoms with van der Waals surface area (Å²) >= 11 is 0. The third-order valence-corrected chi connectivity index (χ3v) is 7.15. The monoisotopic (exact) mass is 579 g/mol. The summed E-state index contributed by atoms with van der Waals surface area (Å²) < 4.78 is 0. The molecule has 0 radical (unpaired) electrons. The van der Waals surface area contributed by atoms with E-state index in [1.807, 2.05) is 24.3 Å². The maximum absolute atomic E-state index is 11.2. The molecule has 0 spiro atoms. The van der Waals surface area contributed by atoms with E-state index in [9.17, 15) is 10.2 Å². The van der Waals surface area contributed by atoms with Crippen LogP contribution in [0, 0.1) is 13.8 Å². The Bertz CT molecular complexity index is 1650. The summed E-state index contributed by atoms with van der Waals surface area (Å²) in [6, 6.07) is 18.7. The Morgan fingerprint density at radius 3 is 1.77 bits per heavy atom. The molecular weight excluding hydrogens is 546 g/mol. The minimum Gasteiger partial charge on any atom is -0.508 e. The Balaban J connectivity index is 1.62. The van der Waals surface area contributed by atoms with Crippen LogP contribution in [0.5, 0.6) is 11.5 Å². The summed E-state index contributed by atoms with van der Waals surface area (Å²) in [5, 5.41) is 53.8. The molecule has 3 aromatic carbocycles. The highest BCUT2D eigenvalue weighted by Gasteiger charge is 2.24. The number of aryl methyl sites for hydroxylation is 2. The van der Waals surface area contributed by atoms with E-state index in [1.165, 1.54) is 9.58 Å². The van der Waals surface area contributed by atoms with Crippen LogP contribution in [0.15, 0.2) is 70.9 Å². The largest absolute Gasteiger partial charge is 0.508 e. The number of aromatic nitrogens is 8. The van der Waals surface area contributed by atoms with Gasteiger partial charge in [-0.1, -0.05) is 38.1 Å². The number of rotatable bonds is 11. The first-order valence-electron chi connectivity index (χ1n) is 13.9. The summed E-state index contributed by atoms with van der Waals surface area (Å²) in [6.07, 6.45) is 3.25. The average Bonchev–Trinajstić information content (AvgIpc) is 3.63. The van der Waals surface area contributed by atoms with Gasteiger partial charge in [-0.05, 0) is 106 Å². The van der Waals surface area contributed by atoms with Gasteiger partial charge in [0.1, 0.15) is 11.5 Å². The van der Waals surface area contributed by atoms with E-state index in [2.05, 4.69) is 72.1 Å². The molecule has 0 saturated heterocycles. The first-order valence-corrected chi connectivity index (χ1v) is 13.9. The molecule has 0 saturated carbocycles. The Kier molecular flexibility index (Phi) is 8.91. The first-order chi connectivity index (χ1) is 20.9. The van der Waals surface area contributed by atoms with Crippen molar-refractivity contribution < 1.29 is 10.2 Å². The summed E-state index contributed by atoms with van der Waals surface area (Å²) in [6.45, 7) is 10.4. The molecule has 0 aliphatic carbocycles. The smallest absolute Gasteiger partial charge is 0.173 e. The van der Waals surface area contributed by atoms with E-state index in [4.69, 9.17) is 0 Å². The quantitative estimate of drug-likeness (QED) is 0.177. The molecule has 0 atom stereocenters. The van der Waals surface area contributed by atoms with Gasteiger partial charge in [-0.15, -0.1) is 19.8 Å². The summed E-state index contributed by atoms with van der Waals surface area (Å²) in [5.41, 5.74) is 4.67. The third kappa shape index (κ3) is 6.79. The maximum Gasteiger partial charge on any atom is 0.173 e. The second-order valence-electron chi connectivity index (χ2n) is 10.00. The van der Waals surface area contributed by atoms with Crippen molar-refractivity contribution in [1.29, 1.82) is 0 Å². The number of hydrogen-bond acceptors (Lipinski definition) is 11. The van der Waals surface area contributed by atoms with Crippen LogP contribution >= 0.6 is 0 Å². The highest BCUT2D eigenvalue weighted by Crippen LogP contribution is 2.41. The van der Waals surface area contributed by atoms with Gasteiger partial charge < -0.3 is 10.2 Å². The standard InChI is InChI=1S/C30H33N11O2/c1-5-39(6-2)19-24-8-7-9-25(14-24)30(26-15-22(10-12-28(26)42)17-31-40-20(3)33-35-37-40)27-16-23(11-13-29(27)43)18-32-41-21(4)34-36-38-41/h7-18,30,42-43H,5-6,19H2,1-4H3/b31-17+,32-18+. The zero-order valence-corrected chi connectivity index (χ0v) is 24.4. The van der Waals surface area contributed by atoms with Crippen molar-refractivity contribution in [3.05, 3.63) is 106 Å². The van der Waals surface area contributed by atoms with Gasteiger partial charge in [0.2, 0.25) is 0 Å². The van der Waals surface area contributed by atoms with Gasteiger partial charge in [-0.3, -0.25) is 4.90 Å². The van der Waals surface area contributed by atoms with Gasteiger partial charge in [-0.25, -0.2) is 0 Å².